The Morgan fingerprint density at radius 1 is 0.250 bits per heavy atom. The Balaban J connectivity index is 2.19. The fraction of sp³-hybridized carbons (Fsp3) is 0.960. The van der Waals surface area contributed by atoms with Gasteiger partial charge in [-0.25, -0.2) is 0 Å². The maximum atomic E-state index is 2.74. The van der Waals surface area contributed by atoms with Crippen molar-refractivity contribution in [3.8, 4) is 0 Å². The summed E-state index contributed by atoms with van der Waals surface area (Å²) in [5, 5.41) is 0. The molecule has 1 aliphatic rings. The van der Waals surface area contributed by atoms with E-state index in [0.717, 1.165) is 0 Å². The molecule has 0 fully saturated rings. The maximum Gasteiger partial charge on any atom is 0.101 e. The summed E-state index contributed by atoms with van der Waals surface area (Å²) in [6, 6.07) is 0. The van der Waals surface area contributed by atoms with E-state index in [9.17, 15) is 0 Å². The van der Waals surface area contributed by atoms with E-state index in [4.69, 9.17) is 0 Å². The molecule has 0 saturated carbocycles. The molecule has 1 aliphatic heterocycles. The Bertz CT molecular complexity index is 650. The van der Waals surface area contributed by atoms with Crippen LogP contribution in [0.5, 0.6) is 0 Å². The standard InChI is InChI=1S/C50H100N2/c1-4-7-10-13-16-19-22-25-26-27-28-29-30-33-36-39-42-45-50-51(46-43-40-37-34-31-23-20-17-14-11-8-5-2)48-49-52(50)47-44-41-38-35-32-24-21-18-15-12-9-6-3/h48-50H,4-47H2,1-3H3. The van der Waals surface area contributed by atoms with Gasteiger partial charge >= 0.3 is 0 Å². The number of rotatable bonds is 44. The minimum Gasteiger partial charge on any atom is -0.356 e. The summed E-state index contributed by atoms with van der Waals surface area (Å²) >= 11 is 0. The third-order valence-electron chi connectivity index (χ3n) is 12.3. The van der Waals surface area contributed by atoms with Crippen LogP contribution in [0.2, 0.25) is 0 Å². The minimum atomic E-state index is 0.636. The van der Waals surface area contributed by atoms with E-state index in [1.807, 2.05) is 0 Å². The molecule has 1 rings (SSSR count). The van der Waals surface area contributed by atoms with Gasteiger partial charge in [0.15, 0.2) is 0 Å². The van der Waals surface area contributed by atoms with Crippen molar-refractivity contribution in [2.24, 2.45) is 0 Å². The van der Waals surface area contributed by atoms with Gasteiger partial charge in [0.2, 0.25) is 0 Å². The third kappa shape index (κ3) is 32.7. The van der Waals surface area contributed by atoms with Gasteiger partial charge in [-0.2, -0.15) is 0 Å². The first-order valence-electron chi connectivity index (χ1n) is 25.0. The molecule has 0 aromatic rings. The van der Waals surface area contributed by atoms with Crippen LogP contribution in [0.4, 0.5) is 0 Å². The molecular formula is C50H100N2. The van der Waals surface area contributed by atoms with Crippen LogP contribution in [0.15, 0.2) is 12.4 Å². The van der Waals surface area contributed by atoms with E-state index >= 15 is 0 Å². The molecule has 0 N–H and O–H groups in total. The van der Waals surface area contributed by atoms with Crippen LogP contribution in [-0.4, -0.2) is 29.1 Å². The number of hydrogen-bond acceptors (Lipinski definition) is 2. The van der Waals surface area contributed by atoms with E-state index in [-0.39, 0.29) is 0 Å². The molecule has 52 heavy (non-hydrogen) atoms. The molecule has 0 amide bonds. The quantitative estimate of drug-likeness (QED) is 0.0576. The van der Waals surface area contributed by atoms with Crippen LogP contribution in [0.3, 0.4) is 0 Å². The number of unbranched alkanes of at least 4 members (excludes halogenated alkanes) is 38. The second-order valence-corrected chi connectivity index (χ2v) is 17.5. The smallest absolute Gasteiger partial charge is 0.101 e. The van der Waals surface area contributed by atoms with E-state index in [0.29, 0.717) is 6.17 Å². The number of nitrogens with zero attached hydrogens (tertiary/aromatic N) is 2. The second kappa shape index (κ2) is 41.5. The third-order valence-corrected chi connectivity index (χ3v) is 12.3. The van der Waals surface area contributed by atoms with Crippen LogP contribution < -0.4 is 0 Å². The lowest BCUT2D eigenvalue weighted by atomic mass is 10.0. The molecule has 0 bridgehead atoms. The average Bonchev–Trinajstić information content (AvgIpc) is 3.54. The molecule has 1 heterocycles. The highest BCUT2D eigenvalue weighted by molar-refractivity contribution is 4.97. The van der Waals surface area contributed by atoms with Gasteiger partial charge in [0.05, 0.1) is 0 Å². The predicted octanol–water partition coefficient (Wildman–Crippen LogP) is 17.8. The van der Waals surface area contributed by atoms with Crippen LogP contribution in [0, 0.1) is 0 Å². The Labute approximate surface area is 330 Å². The van der Waals surface area contributed by atoms with Crippen LogP contribution in [-0.2, 0) is 0 Å². The largest absolute Gasteiger partial charge is 0.356 e. The fourth-order valence-corrected chi connectivity index (χ4v) is 8.66. The summed E-state index contributed by atoms with van der Waals surface area (Å²) in [6.45, 7) is 9.49. The molecule has 2 heteroatoms. The van der Waals surface area contributed by atoms with Gasteiger partial charge in [-0.1, -0.05) is 265 Å². The van der Waals surface area contributed by atoms with E-state index in [2.05, 4.69) is 43.0 Å². The highest BCUT2D eigenvalue weighted by Crippen LogP contribution is 2.24. The van der Waals surface area contributed by atoms with Crippen molar-refractivity contribution in [1.82, 2.24) is 9.80 Å². The normalized spacial score (nSPS) is 13.4. The molecule has 0 radical (unpaired) electrons. The van der Waals surface area contributed by atoms with E-state index in [1.54, 1.807) is 0 Å². The Hall–Kier alpha value is -0.660. The lowest BCUT2D eigenvalue weighted by Gasteiger charge is -2.33. The van der Waals surface area contributed by atoms with Crippen molar-refractivity contribution in [2.45, 2.75) is 297 Å². The van der Waals surface area contributed by atoms with Crippen molar-refractivity contribution in [3.63, 3.8) is 0 Å². The zero-order valence-electron chi connectivity index (χ0n) is 36.7. The van der Waals surface area contributed by atoms with Crippen molar-refractivity contribution >= 4 is 0 Å². The van der Waals surface area contributed by atoms with Gasteiger partial charge in [-0.3, -0.25) is 0 Å². The van der Waals surface area contributed by atoms with Gasteiger partial charge in [0, 0.05) is 25.5 Å². The maximum absolute atomic E-state index is 2.74. The molecular weight excluding hydrogens is 629 g/mol. The summed E-state index contributed by atoms with van der Waals surface area (Å²) in [5.74, 6) is 0. The molecule has 0 aliphatic carbocycles. The topological polar surface area (TPSA) is 6.48 Å². The lowest BCUT2D eigenvalue weighted by molar-refractivity contribution is 0.135. The van der Waals surface area contributed by atoms with Gasteiger partial charge in [0.1, 0.15) is 6.17 Å². The Kier molecular flexibility index (Phi) is 39.4. The summed E-state index contributed by atoms with van der Waals surface area (Å²) in [6.07, 6.45) is 66.4. The Morgan fingerprint density at radius 3 is 0.673 bits per heavy atom. The van der Waals surface area contributed by atoms with Gasteiger partial charge in [0.25, 0.3) is 0 Å². The zero-order chi connectivity index (χ0) is 37.3. The first-order chi connectivity index (χ1) is 25.8. The molecule has 0 atom stereocenters. The molecule has 310 valence electrons. The average molecular weight is 729 g/mol. The van der Waals surface area contributed by atoms with Crippen molar-refractivity contribution in [1.29, 1.82) is 0 Å². The Morgan fingerprint density at radius 2 is 0.442 bits per heavy atom. The van der Waals surface area contributed by atoms with E-state index in [1.165, 1.54) is 283 Å². The lowest BCUT2D eigenvalue weighted by Crippen LogP contribution is -2.39. The highest BCUT2D eigenvalue weighted by atomic mass is 15.4. The van der Waals surface area contributed by atoms with Crippen LogP contribution in [0.1, 0.15) is 290 Å². The molecule has 2 nitrogen and oxygen atoms in total. The van der Waals surface area contributed by atoms with Crippen LogP contribution >= 0.6 is 0 Å². The second-order valence-electron chi connectivity index (χ2n) is 17.5. The molecule has 0 aromatic heterocycles. The predicted molar refractivity (Wildman–Crippen MR) is 237 cm³/mol. The van der Waals surface area contributed by atoms with Crippen LogP contribution in [0.25, 0.3) is 0 Å². The summed E-state index contributed by atoms with van der Waals surface area (Å²) in [5.41, 5.74) is 0. The van der Waals surface area contributed by atoms with Gasteiger partial charge in [-0.05, 0) is 25.7 Å². The molecule has 0 aromatic carbocycles. The molecule has 0 spiro atoms. The number of hydrogen-bond donors (Lipinski definition) is 0. The summed E-state index contributed by atoms with van der Waals surface area (Å²) in [4.78, 5) is 5.48. The van der Waals surface area contributed by atoms with Gasteiger partial charge in [-0.15, -0.1) is 0 Å². The van der Waals surface area contributed by atoms with Crippen molar-refractivity contribution < 1.29 is 0 Å². The zero-order valence-corrected chi connectivity index (χ0v) is 36.7. The van der Waals surface area contributed by atoms with Crippen molar-refractivity contribution in [3.05, 3.63) is 12.4 Å². The minimum absolute atomic E-state index is 0.636. The summed E-state index contributed by atoms with van der Waals surface area (Å²) in [7, 11) is 0. The van der Waals surface area contributed by atoms with Gasteiger partial charge < -0.3 is 9.80 Å². The summed E-state index contributed by atoms with van der Waals surface area (Å²) < 4.78 is 0. The first kappa shape index (κ1) is 49.4. The monoisotopic (exact) mass is 729 g/mol. The van der Waals surface area contributed by atoms with Crippen molar-refractivity contribution in [2.75, 3.05) is 13.1 Å². The molecule has 0 saturated heterocycles. The molecule has 0 unspecified atom stereocenters. The highest BCUT2D eigenvalue weighted by Gasteiger charge is 2.24. The first-order valence-corrected chi connectivity index (χ1v) is 25.0. The fourth-order valence-electron chi connectivity index (χ4n) is 8.66. The SMILES string of the molecule is CCCCCCCCCCCCCCCCCCCC1N(CCCCCCCCCCCCCC)C=CN1CCCCCCCCCCCCCC. The van der Waals surface area contributed by atoms with E-state index < -0.39 is 0 Å².